The van der Waals surface area contributed by atoms with E-state index in [4.69, 9.17) is 5.26 Å². The van der Waals surface area contributed by atoms with E-state index in [1.54, 1.807) is 6.07 Å². The van der Waals surface area contributed by atoms with E-state index in [0.717, 1.165) is 10.0 Å². The molecule has 0 bridgehead atoms. The summed E-state index contributed by atoms with van der Waals surface area (Å²) < 4.78 is 25.3. The van der Waals surface area contributed by atoms with Crippen LogP contribution in [0.15, 0.2) is 21.5 Å². The highest BCUT2D eigenvalue weighted by Gasteiger charge is 2.35. The van der Waals surface area contributed by atoms with E-state index < -0.39 is 9.84 Å². The van der Waals surface area contributed by atoms with Crippen LogP contribution in [0.4, 0.5) is 5.69 Å². The molecule has 0 fully saturated rings. The van der Waals surface area contributed by atoms with Gasteiger partial charge in [0.1, 0.15) is 0 Å². The van der Waals surface area contributed by atoms with Crippen LogP contribution in [0.25, 0.3) is 0 Å². The summed E-state index contributed by atoms with van der Waals surface area (Å²) in [6.07, 6.45) is 0.204. The number of nitriles is 1. The lowest BCUT2D eigenvalue weighted by Gasteiger charge is -2.35. The van der Waals surface area contributed by atoms with Crippen LogP contribution in [0.1, 0.15) is 12.0 Å². The third kappa shape index (κ3) is 2.13. The number of anilines is 1. The van der Waals surface area contributed by atoms with Crippen LogP contribution >= 0.6 is 15.9 Å². The van der Waals surface area contributed by atoms with Crippen molar-refractivity contribution in [1.82, 2.24) is 0 Å². The van der Waals surface area contributed by atoms with Gasteiger partial charge in [-0.2, -0.15) is 5.26 Å². The lowest BCUT2D eigenvalue weighted by Crippen LogP contribution is -2.42. The average molecular weight is 329 g/mol. The van der Waals surface area contributed by atoms with Gasteiger partial charge in [-0.25, -0.2) is 8.42 Å². The quantitative estimate of drug-likeness (QED) is 0.793. The average Bonchev–Trinajstić information content (AvgIpc) is 2.25. The number of benzene rings is 1. The Morgan fingerprint density at radius 3 is 2.83 bits per heavy atom. The number of sulfone groups is 1. The van der Waals surface area contributed by atoms with Crippen LogP contribution < -0.4 is 4.90 Å². The van der Waals surface area contributed by atoms with Crippen molar-refractivity contribution >= 4 is 31.5 Å². The molecule has 0 aliphatic carbocycles. The normalized spacial score (nSPS) is 21.2. The number of rotatable bonds is 1. The van der Waals surface area contributed by atoms with Crippen molar-refractivity contribution in [2.75, 3.05) is 17.7 Å². The van der Waals surface area contributed by atoms with E-state index in [-0.39, 0.29) is 18.2 Å². The van der Waals surface area contributed by atoms with Gasteiger partial charge in [-0.15, -0.1) is 0 Å². The monoisotopic (exact) mass is 328 g/mol. The SMILES string of the molecule is Cc1cc(Br)c2c(c1)S(=O)(=O)CC(CC#N)N2C. The highest BCUT2D eigenvalue weighted by molar-refractivity contribution is 9.10. The summed E-state index contributed by atoms with van der Waals surface area (Å²) in [6.45, 7) is 1.86. The van der Waals surface area contributed by atoms with E-state index >= 15 is 0 Å². The van der Waals surface area contributed by atoms with Gasteiger partial charge in [0.25, 0.3) is 0 Å². The van der Waals surface area contributed by atoms with Crippen LogP contribution in [0, 0.1) is 18.3 Å². The van der Waals surface area contributed by atoms with E-state index in [9.17, 15) is 8.42 Å². The molecule has 2 rings (SSSR count). The molecule has 0 amide bonds. The van der Waals surface area contributed by atoms with Crippen LogP contribution in [-0.4, -0.2) is 27.3 Å². The summed E-state index contributed by atoms with van der Waals surface area (Å²) in [5.74, 6) is -0.0000463. The van der Waals surface area contributed by atoms with E-state index in [2.05, 4.69) is 15.9 Å². The molecule has 1 aromatic carbocycles. The van der Waals surface area contributed by atoms with Gasteiger partial charge in [-0.3, -0.25) is 0 Å². The first-order chi connectivity index (χ1) is 8.36. The summed E-state index contributed by atoms with van der Waals surface area (Å²) >= 11 is 3.41. The minimum absolute atomic E-state index is 0.0000463. The molecule has 1 heterocycles. The van der Waals surface area contributed by atoms with Crippen LogP contribution in [0.3, 0.4) is 0 Å². The molecule has 1 aliphatic rings. The van der Waals surface area contributed by atoms with E-state index in [1.165, 1.54) is 0 Å². The highest BCUT2D eigenvalue weighted by atomic mass is 79.9. The van der Waals surface area contributed by atoms with Crippen molar-refractivity contribution in [3.63, 3.8) is 0 Å². The third-order valence-corrected chi connectivity index (χ3v) is 5.56. The zero-order valence-electron chi connectivity index (χ0n) is 10.1. The van der Waals surface area contributed by atoms with Crippen molar-refractivity contribution in [1.29, 1.82) is 5.26 Å². The van der Waals surface area contributed by atoms with Gasteiger partial charge in [0.05, 0.1) is 34.9 Å². The van der Waals surface area contributed by atoms with Gasteiger partial charge in [-0.05, 0) is 40.5 Å². The van der Waals surface area contributed by atoms with Crippen LogP contribution in [-0.2, 0) is 9.84 Å². The number of nitrogens with zero attached hydrogens (tertiary/aromatic N) is 2. The molecular formula is C12H13BrN2O2S. The molecule has 1 atom stereocenters. The molecule has 18 heavy (non-hydrogen) atoms. The van der Waals surface area contributed by atoms with Crippen molar-refractivity contribution in [3.8, 4) is 6.07 Å². The van der Waals surface area contributed by atoms with Crippen LogP contribution in [0.2, 0.25) is 0 Å². The minimum Gasteiger partial charge on any atom is -0.368 e. The predicted molar refractivity (Wildman–Crippen MR) is 73.4 cm³/mol. The fourth-order valence-corrected chi connectivity index (χ4v) is 5.15. The first kappa shape index (κ1) is 13.4. The molecule has 0 radical (unpaired) electrons. The summed E-state index contributed by atoms with van der Waals surface area (Å²) in [5.41, 5.74) is 1.56. The van der Waals surface area contributed by atoms with Gasteiger partial charge in [0.15, 0.2) is 9.84 Å². The highest BCUT2D eigenvalue weighted by Crippen LogP contribution is 2.39. The maximum atomic E-state index is 12.3. The molecule has 0 aromatic heterocycles. The fraction of sp³-hybridized carbons (Fsp3) is 0.417. The Bertz CT molecular complexity index is 634. The molecule has 4 nitrogen and oxygen atoms in total. The summed E-state index contributed by atoms with van der Waals surface area (Å²) in [6, 6.07) is 5.34. The molecule has 1 aliphatic heterocycles. The smallest absolute Gasteiger partial charge is 0.182 e. The van der Waals surface area contributed by atoms with Crippen molar-refractivity contribution in [2.24, 2.45) is 0 Å². The fourth-order valence-electron chi connectivity index (χ4n) is 2.22. The van der Waals surface area contributed by atoms with Gasteiger partial charge in [0.2, 0.25) is 0 Å². The summed E-state index contributed by atoms with van der Waals surface area (Å²) in [5, 5.41) is 8.78. The number of hydrogen-bond donors (Lipinski definition) is 0. The second-order valence-corrected chi connectivity index (χ2v) is 7.36. The second-order valence-electron chi connectivity index (χ2n) is 4.50. The number of aryl methyl sites for hydroxylation is 1. The lowest BCUT2D eigenvalue weighted by molar-refractivity contribution is 0.573. The summed E-state index contributed by atoms with van der Waals surface area (Å²) in [4.78, 5) is 2.23. The maximum Gasteiger partial charge on any atom is 0.182 e. The zero-order valence-corrected chi connectivity index (χ0v) is 12.5. The zero-order chi connectivity index (χ0) is 13.5. The van der Waals surface area contributed by atoms with E-state index in [1.807, 2.05) is 31.0 Å². The van der Waals surface area contributed by atoms with Gasteiger partial charge >= 0.3 is 0 Å². The number of fused-ring (bicyclic) bond motifs is 1. The molecule has 1 aromatic rings. The first-order valence-corrected chi connectivity index (χ1v) is 7.94. The lowest BCUT2D eigenvalue weighted by atomic mass is 10.1. The molecule has 0 N–H and O–H groups in total. The Kier molecular flexibility index (Phi) is 3.39. The number of hydrogen-bond acceptors (Lipinski definition) is 4. The van der Waals surface area contributed by atoms with Gasteiger partial charge in [-0.1, -0.05) is 0 Å². The van der Waals surface area contributed by atoms with Gasteiger partial charge < -0.3 is 4.90 Å². The second kappa shape index (κ2) is 4.56. The molecule has 0 saturated heterocycles. The first-order valence-electron chi connectivity index (χ1n) is 5.49. The maximum absolute atomic E-state index is 12.3. The van der Waals surface area contributed by atoms with Crippen LogP contribution in [0.5, 0.6) is 0 Å². The van der Waals surface area contributed by atoms with Crippen molar-refractivity contribution < 1.29 is 8.42 Å². The number of halogens is 1. The Balaban J connectivity index is 2.67. The molecule has 0 spiro atoms. The third-order valence-electron chi connectivity index (χ3n) is 3.15. The van der Waals surface area contributed by atoms with Crippen molar-refractivity contribution in [2.45, 2.75) is 24.3 Å². The molecule has 96 valence electrons. The minimum atomic E-state index is -3.31. The van der Waals surface area contributed by atoms with E-state index in [0.29, 0.717) is 10.6 Å². The van der Waals surface area contributed by atoms with Crippen molar-refractivity contribution in [3.05, 3.63) is 22.2 Å². The van der Waals surface area contributed by atoms with Gasteiger partial charge in [0, 0.05) is 11.5 Å². The molecule has 1 unspecified atom stereocenters. The predicted octanol–water partition coefficient (Wildman–Crippen LogP) is 2.26. The Morgan fingerprint density at radius 1 is 1.56 bits per heavy atom. The molecule has 6 heteroatoms. The topological polar surface area (TPSA) is 61.2 Å². The molecular weight excluding hydrogens is 316 g/mol. The summed E-state index contributed by atoms with van der Waals surface area (Å²) in [7, 11) is -1.49. The Labute approximate surface area is 115 Å². The standard InChI is InChI=1S/C12H13BrN2O2S/c1-8-5-10(13)12-11(6-8)18(16,17)7-9(3-4-14)15(12)2/h5-6,9H,3,7H2,1-2H3. The molecule has 0 saturated carbocycles. The Morgan fingerprint density at radius 2 is 2.22 bits per heavy atom. The largest absolute Gasteiger partial charge is 0.368 e. The Hall–Kier alpha value is -1.06.